The molecule has 0 saturated heterocycles. The highest BCUT2D eigenvalue weighted by Gasteiger charge is 2.35. The highest BCUT2D eigenvalue weighted by Crippen LogP contribution is 2.42. The van der Waals surface area contributed by atoms with Crippen LogP contribution in [0, 0.1) is 6.92 Å². The Hall–Kier alpha value is -3.40. The van der Waals surface area contributed by atoms with Gasteiger partial charge in [-0.15, -0.1) is 0 Å². The number of ether oxygens (including phenoxy) is 3. The molecule has 0 saturated carbocycles. The van der Waals surface area contributed by atoms with Crippen molar-refractivity contribution in [3.8, 4) is 11.5 Å². The molecule has 0 bridgehead atoms. The summed E-state index contributed by atoms with van der Waals surface area (Å²) in [6.07, 6.45) is 0. The van der Waals surface area contributed by atoms with E-state index in [2.05, 4.69) is 36.8 Å². The number of allylic oxidation sites excluding steroid dienone is 1. The minimum atomic E-state index is -0.605. The molecular formula is C23H24BrN5O4. The van der Waals surface area contributed by atoms with Crippen LogP contribution < -0.4 is 14.8 Å². The number of nitrogens with one attached hydrogen (secondary N) is 1. The second-order valence-corrected chi connectivity index (χ2v) is 8.40. The number of methoxy groups -OCH3 is 1. The Kier molecular flexibility index (Phi) is 6.64. The van der Waals surface area contributed by atoms with E-state index in [1.165, 1.54) is 5.56 Å². The van der Waals surface area contributed by atoms with E-state index in [-0.39, 0.29) is 6.61 Å². The average Bonchev–Trinajstić information content (AvgIpc) is 3.26. The van der Waals surface area contributed by atoms with E-state index in [4.69, 9.17) is 14.2 Å². The fourth-order valence-electron chi connectivity index (χ4n) is 3.67. The van der Waals surface area contributed by atoms with Crippen molar-refractivity contribution in [2.45, 2.75) is 33.4 Å². The van der Waals surface area contributed by atoms with Gasteiger partial charge >= 0.3 is 5.97 Å². The zero-order chi connectivity index (χ0) is 23.5. The third kappa shape index (κ3) is 4.56. The molecule has 33 heavy (non-hydrogen) atoms. The first-order valence-corrected chi connectivity index (χ1v) is 11.2. The minimum absolute atomic E-state index is 0.254. The number of aromatic nitrogens is 4. The summed E-state index contributed by atoms with van der Waals surface area (Å²) in [6.45, 7) is 6.24. The molecule has 10 heteroatoms. The van der Waals surface area contributed by atoms with E-state index >= 15 is 0 Å². The lowest BCUT2D eigenvalue weighted by molar-refractivity contribution is -0.139. The molecule has 2 aromatic carbocycles. The molecule has 1 atom stereocenters. The highest BCUT2D eigenvalue weighted by molar-refractivity contribution is 9.10. The fourth-order valence-corrected chi connectivity index (χ4v) is 4.25. The summed E-state index contributed by atoms with van der Waals surface area (Å²) in [7, 11) is 1.57. The summed E-state index contributed by atoms with van der Waals surface area (Å²) in [4.78, 5) is 12.8. The van der Waals surface area contributed by atoms with Crippen molar-refractivity contribution in [1.82, 2.24) is 20.2 Å². The molecule has 0 aliphatic carbocycles. The van der Waals surface area contributed by atoms with Crippen molar-refractivity contribution in [3.63, 3.8) is 0 Å². The van der Waals surface area contributed by atoms with E-state index in [1.54, 1.807) is 25.6 Å². The molecule has 1 N–H and O–H groups in total. The van der Waals surface area contributed by atoms with Gasteiger partial charge in [-0.3, -0.25) is 0 Å². The molecule has 1 aliphatic heterocycles. The maximum Gasteiger partial charge on any atom is 0.338 e. The molecule has 1 unspecified atom stereocenters. The van der Waals surface area contributed by atoms with Gasteiger partial charge in [0, 0.05) is 5.70 Å². The number of hydrogen-bond donors (Lipinski definition) is 1. The van der Waals surface area contributed by atoms with Crippen molar-refractivity contribution in [2.75, 3.05) is 19.0 Å². The van der Waals surface area contributed by atoms with Crippen LogP contribution in [0.2, 0.25) is 0 Å². The van der Waals surface area contributed by atoms with Crippen LogP contribution in [0.3, 0.4) is 0 Å². The smallest absolute Gasteiger partial charge is 0.338 e. The first-order chi connectivity index (χ1) is 15.9. The van der Waals surface area contributed by atoms with Crippen LogP contribution in [-0.2, 0) is 16.1 Å². The Morgan fingerprint density at radius 3 is 2.67 bits per heavy atom. The maximum atomic E-state index is 12.8. The number of hydrogen-bond acceptors (Lipinski definition) is 8. The average molecular weight is 514 g/mol. The summed E-state index contributed by atoms with van der Waals surface area (Å²) >= 11 is 3.61. The van der Waals surface area contributed by atoms with E-state index in [9.17, 15) is 4.79 Å². The van der Waals surface area contributed by atoms with Gasteiger partial charge in [-0.05, 0) is 70.4 Å². The first kappa shape index (κ1) is 22.8. The second-order valence-electron chi connectivity index (χ2n) is 7.54. The lowest BCUT2D eigenvalue weighted by Crippen LogP contribution is -2.29. The standard InChI is InChI=1S/C23H24BrN5O4/c1-5-32-22(30)19-14(3)25-23-26-27-28-29(23)20(19)16-10-17(24)21(18(11-16)31-4)33-12-15-8-6-13(2)7-9-15/h6-11,20H,5,12H2,1-4H3,(H,25,26,28). The first-order valence-electron chi connectivity index (χ1n) is 10.4. The summed E-state index contributed by atoms with van der Waals surface area (Å²) in [6, 6.07) is 11.2. The van der Waals surface area contributed by atoms with Gasteiger partial charge < -0.3 is 19.5 Å². The van der Waals surface area contributed by atoms with E-state index < -0.39 is 12.0 Å². The maximum absolute atomic E-state index is 12.8. The van der Waals surface area contributed by atoms with Crippen molar-refractivity contribution < 1.29 is 19.0 Å². The largest absolute Gasteiger partial charge is 0.493 e. The monoisotopic (exact) mass is 513 g/mol. The van der Waals surface area contributed by atoms with Crippen LogP contribution in [0.5, 0.6) is 11.5 Å². The van der Waals surface area contributed by atoms with Gasteiger partial charge in [-0.1, -0.05) is 34.9 Å². The molecule has 1 aliphatic rings. The Balaban J connectivity index is 1.72. The van der Waals surface area contributed by atoms with Gasteiger partial charge in [0.15, 0.2) is 11.5 Å². The molecule has 2 heterocycles. The number of esters is 1. The van der Waals surface area contributed by atoms with Gasteiger partial charge in [0.1, 0.15) is 12.6 Å². The number of benzene rings is 2. The Morgan fingerprint density at radius 1 is 1.21 bits per heavy atom. The van der Waals surface area contributed by atoms with Crippen molar-refractivity contribution in [1.29, 1.82) is 0 Å². The third-order valence-electron chi connectivity index (χ3n) is 5.28. The van der Waals surface area contributed by atoms with E-state index in [1.807, 2.05) is 43.3 Å². The number of carbonyl (C=O) groups is 1. The normalized spacial score (nSPS) is 15.0. The number of nitrogens with zero attached hydrogens (tertiary/aromatic N) is 4. The number of anilines is 1. The summed E-state index contributed by atoms with van der Waals surface area (Å²) < 4.78 is 19.3. The Morgan fingerprint density at radius 2 is 1.97 bits per heavy atom. The quantitative estimate of drug-likeness (QED) is 0.469. The summed E-state index contributed by atoms with van der Waals surface area (Å²) in [5, 5.41) is 14.9. The van der Waals surface area contributed by atoms with Gasteiger partial charge in [-0.25, -0.2) is 4.79 Å². The molecule has 0 spiro atoms. The molecule has 1 aromatic heterocycles. The van der Waals surface area contributed by atoms with Gasteiger partial charge in [0.25, 0.3) is 0 Å². The number of carbonyl (C=O) groups excluding carboxylic acids is 1. The summed E-state index contributed by atoms with van der Waals surface area (Å²) in [5.41, 5.74) is 4.00. The number of halogens is 1. The minimum Gasteiger partial charge on any atom is -0.493 e. The molecule has 0 amide bonds. The highest BCUT2D eigenvalue weighted by atomic mass is 79.9. The number of fused-ring (bicyclic) bond motifs is 1. The van der Waals surface area contributed by atoms with Gasteiger partial charge in [0.2, 0.25) is 5.95 Å². The predicted molar refractivity (Wildman–Crippen MR) is 125 cm³/mol. The van der Waals surface area contributed by atoms with Crippen molar-refractivity contribution in [3.05, 3.63) is 68.8 Å². The zero-order valence-corrected chi connectivity index (χ0v) is 20.3. The molecule has 3 aromatic rings. The zero-order valence-electron chi connectivity index (χ0n) is 18.8. The van der Waals surface area contributed by atoms with Crippen LogP contribution in [0.15, 0.2) is 52.1 Å². The molecule has 0 fully saturated rings. The number of rotatable bonds is 7. The van der Waals surface area contributed by atoms with Crippen LogP contribution >= 0.6 is 15.9 Å². The van der Waals surface area contributed by atoms with Crippen molar-refractivity contribution in [2.24, 2.45) is 0 Å². The van der Waals surface area contributed by atoms with Crippen LogP contribution in [-0.4, -0.2) is 39.9 Å². The van der Waals surface area contributed by atoms with Gasteiger partial charge in [-0.2, -0.15) is 4.68 Å². The molecular weight excluding hydrogens is 490 g/mol. The van der Waals surface area contributed by atoms with Crippen molar-refractivity contribution >= 4 is 27.8 Å². The lowest BCUT2D eigenvalue weighted by atomic mass is 9.95. The number of aryl methyl sites for hydroxylation is 1. The molecule has 4 rings (SSSR count). The van der Waals surface area contributed by atoms with Gasteiger partial charge in [0.05, 0.1) is 23.8 Å². The van der Waals surface area contributed by atoms with Crippen LogP contribution in [0.4, 0.5) is 5.95 Å². The molecule has 0 radical (unpaired) electrons. The van der Waals surface area contributed by atoms with E-state index in [0.717, 1.165) is 11.1 Å². The predicted octanol–water partition coefficient (Wildman–Crippen LogP) is 4.18. The Labute approximate surface area is 199 Å². The summed E-state index contributed by atoms with van der Waals surface area (Å²) in [5.74, 6) is 1.07. The molecule has 9 nitrogen and oxygen atoms in total. The van der Waals surface area contributed by atoms with Crippen LogP contribution in [0.25, 0.3) is 0 Å². The third-order valence-corrected chi connectivity index (χ3v) is 5.87. The van der Waals surface area contributed by atoms with E-state index in [0.29, 0.717) is 39.8 Å². The molecule has 172 valence electrons. The Bertz CT molecular complexity index is 1210. The SMILES string of the molecule is CCOC(=O)C1=C(C)Nc2nnnn2C1c1cc(Br)c(OCc2ccc(C)cc2)c(OC)c1. The van der Waals surface area contributed by atoms with Crippen LogP contribution in [0.1, 0.15) is 36.6 Å². The number of tetrazole rings is 1. The fraction of sp³-hybridized carbons (Fsp3) is 0.304. The second kappa shape index (κ2) is 9.62. The lowest BCUT2D eigenvalue weighted by Gasteiger charge is -2.28. The topological polar surface area (TPSA) is 100 Å².